The molecular formula is C23H24N4O2S. The lowest BCUT2D eigenvalue weighted by atomic mass is 9.88. The molecular weight excluding hydrogens is 396 g/mol. The summed E-state index contributed by atoms with van der Waals surface area (Å²) in [5, 5.41) is 4.98. The lowest BCUT2D eigenvalue weighted by Crippen LogP contribution is -2.45. The topological polar surface area (TPSA) is 75.2 Å². The summed E-state index contributed by atoms with van der Waals surface area (Å²) in [5.41, 5.74) is 4.56. The van der Waals surface area contributed by atoms with Gasteiger partial charge in [-0.05, 0) is 43.5 Å². The number of hydrogen-bond donors (Lipinski definition) is 1. The summed E-state index contributed by atoms with van der Waals surface area (Å²) in [7, 11) is 0. The minimum atomic E-state index is -0.274. The van der Waals surface area contributed by atoms with Crippen molar-refractivity contribution >= 4 is 23.2 Å². The van der Waals surface area contributed by atoms with Gasteiger partial charge in [0.1, 0.15) is 5.69 Å². The normalized spacial score (nSPS) is 17.4. The zero-order chi connectivity index (χ0) is 20.9. The van der Waals surface area contributed by atoms with Crippen LogP contribution in [0.5, 0.6) is 0 Å². The second-order valence-electron chi connectivity index (χ2n) is 7.55. The highest BCUT2D eigenvalue weighted by atomic mass is 32.1. The maximum atomic E-state index is 13.1. The number of benzene rings is 1. The Balaban J connectivity index is 1.57. The first-order valence-corrected chi connectivity index (χ1v) is 11.0. The van der Waals surface area contributed by atoms with Crippen molar-refractivity contribution in [2.24, 2.45) is 5.92 Å². The molecule has 3 aromatic rings. The fourth-order valence-electron chi connectivity index (χ4n) is 3.99. The van der Waals surface area contributed by atoms with Crippen LogP contribution in [-0.2, 0) is 0 Å². The molecule has 1 aromatic carbocycles. The Bertz CT molecular complexity index is 1010. The predicted octanol–water partition coefficient (Wildman–Crippen LogP) is 3.87. The first kappa shape index (κ1) is 20.2. The first-order chi connectivity index (χ1) is 14.6. The average Bonchev–Trinajstić information content (AvgIpc) is 3.33. The van der Waals surface area contributed by atoms with E-state index >= 15 is 0 Å². The standard InChI is InChI=1S/C23H24N4O2S/c1-16-7-2-3-9-18(16)22(28)26-21(19-10-4-5-11-24-19)17-8-6-12-27(13-17)23(29)20-14-30-15-25-20/h2-5,7,9-11,14-15,17,21H,6,8,12-13H2,1H3,(H,26,28)/t17-,21+/m1/s1. The van der Waals surface area contributed by atoms with E-state index in [2.05, 4.69) is 15.3 Å². The lowest BCUT2D eigenvalue weighted by Gasteiger charge is -2.37. The van der Waals surface area contributed by atoms with E-state index in [1.807, 2.05) is 54.3 Å². The number of carbonyl (C=O) groups is 2. The van der Waals surface area contributed by atoms with Crippen LogP contribution in [0.2, 0.25) is 0 Å². The summed E-state index contributed by atoms with van der Waals surface area (Å²) < 4.78 is 0. The van der Waals surface area contributed by atoms with E-state index in [-0.39, 0.29) is 23.8 Å². The van der Waals surface area contributed by atoms with Crippen LogP contribution in [0.25, 0.3) is 0 Å². The number of amides is 2. The van der Waals surface area contributed by atoms with Crippen molar-refractivity contribution in [2.45, 2.75) is 25.8 Å². The third-order valence-electron chi connectivity index (χ3n) is 5.55. The molecule has 1 saturated heterocycles. The fourth-order valence-corrected chi connectivity index (χ4v) is 4.51. The quantitative estimate of drug-likeness (QED) is 0.680. The van der Waals surface area contributed by atoms with E-state index in [0.717, 1.165) is 24.1 Å². The molecule has 6 nitrogen and oxygen atoms in total. The second-order valence-corrected chi connectivity index (χ2v) is 8.27. The van der Waals surface area contributed by atoms with Gasteiger partial charge in [-0.1, -0.05) is 24.3 Å². The summed E-state index contributed by atoms with van der Waals surface area (Å²) in [6.45, 7) is 3.19. The smallest absolute Gasteiger partial charge is 0.273 e. The van der Waals surface area contributed by atoms with Crippen molar-refractivity contribution < 1.29 is 9.59 Å². The number of likely N-dealkylation sites (tertiary alicyclic amines) is 1. The van der Waals surface area contributed by atoms with Gasteiger partial charge in [0.15, 0.2) is 0 Å². The Morgan fingerprint density at radius 2 is 2.00 bits per heavy atom. The van der Waals surface area contributed by atoms with Crippen molar-refractivity contribution in [3.8, 4) is 0 Å². The van der Waals surface area contributed by atoms with Crippen LogP contribution < -0.4 is 5.32 Å². The molecule has 4 rings (SSSR count). The van der Waals surface area contributed by atoms with E-state index in [0.29, 0.717) is 24.3 Å². The molecule has 30 heavy (non-hydrogen) atoms. The van der Waals surface area contributed by atoms with Crippen LogP contribution in [0, 0.1) is 12.8 Å². The minimum Gasteiger partial charge on any atom is -0.343 e. The van der Waals surface area contributed by atoms with E-state index < -0.39 is 0 Å². The number of hydrogen-bond acceptors (Lipinski definition) is 5. The number of pyridine rings is 1. The van der Waals surface area contributed by atoms with Gasteiger partial charge in [-0.15, -0.1) is 11.3 Å². The van der Waals surface area contributed by atoms with E-state index in [1.54, 1.807) is 17.1 Å². The molecule has 1 fully saturated rings. The van der Waals surface area contributed by atoms with Crippen LogP contribution >= 0.6 is 11.3 Å². The van der Waals surface area contributed by atoms with Crippen molar-refractivity contribution in [3.63, 3.8) is 0 Å². The average molecular weight is 421 g/mol. The molecule has 7 heteroatoms. The summed E-state index contributed by atoms with van der Waals surface area (Å²) in [5.74, 6) is -0.0955. The molecule has 3 heterocycles. The molecule has 0 aliphatic carbocycles. The maximum Gasteiger partial charge on any atom is 0.273 e. The Labute approximate surface area is 180 Å². The molecule has 1 N–H and O–H groups in total. The number of aryl methyl sites for hydroxylation is 1. The van der Waals surface area contributed by atoms with Gasteiger partial charge in [0.05, 0.1) is 17.2 Å². The van der Waals surface area contributed by atoms with Crippen LogP contribution in [0.15, 0.2) is 59.6 Å². The van der Waals surface area contributed by atoms with Gasteiger partial charge in [-0.25, -0.2) is 4.98 Å². The fraction of sp³-hybridized carbons (Fsp3) is 0.304. The molecule has 0 radical (unpaired) electrons. The zero-order valence-electron chi connectivity index (χ0n) is 16.8. The van der Waals surface area contributed by atoms with Crippen molar-refractivity contribution in [3.05, 3.63) is 82.1 Å². The van der Waals surface area contributed by atoms with E-state index in [1.165, 1.54) is 11.3 Å². The van der Waals surface area contributed by atoms with E-state index in [9.17, 15) is 9.59 Å². The molecule has 0 spiro atoms. The largest absolute Gasteiger partial charge is 0.343 e. The minimum absolute atomic E-state index is 0.0500. The zero-order valence-corrected chi connectivity index (χ0v) is 17.6. The SMILES string of the molecule is Cc1ccccc1C(=O)N[C@H](c1ccccn1)[C@@H]1CCCN(C(=O)c2cscn2)C1. The molecule has 0 saturated carbocycles. The van der Waals surface area contributed by atoms with Crippen LogP contribution in [0.1, 0.15) is 51.0 Å². The number of thiazole rings is 1. The molecule has 2 amide bonds. The van der Waals surface area contributed by atoms with Gasteiger partial charge < -0.3 is 10.2 Å². The molecule has 1 aliphatic rings. The van der Waals surface area contributed by atoms with Crippen molar-refractivity contribution in [1.82, 2.24) is 20.2 Å². The van der Waals surface area contributed by atoms with Crippen molar-refractivity contribution in [2.75, 3.05) is 13.1 Å². The van der Waals surface area contributed by atoms with Crippen molar-refractivity contribution in [1.29, 1.82) is 0 Å². The van der Waals surface area contributed by atoms with Gasteiger partial charge in [0.2, 0.25) is 0 Å². The highest BCUT2D eigenvalue weighted by Crippen LogP contribution is 2.30. The molecule has 154 valence electrons. The van der Waals surface area contributed by atoms with E-state index in [4.69, 9.17) is 0 Å². The highest BCUT2D eigenvalue weighted by Gasteiger charge is 2.33. The van der Waals surface area contributed by atoms with Gasteiger partial charge in [-0.3, -0.25) is 14.6 Å². The number of aromatic nitrogens is 2. The summed E-state index contributed by atoms with van der Waals surface area (Å²) in [4.78, 5) is 36.4. The molecule has 2 atom stereocenters. The predicted molar refractivity (Wildman–Crippen MR) is 116 cm³/mol. The highest BCUT2D eigenvalue weighted by molar-refractivity contribution is 7.07. The van der Waals surface area contributed by atoms with Crippen LogP contribution in [-0.4, -0.2) is 39.8 Å². The summed E-state index contributed by atoms with van der Waals surface area (Å²) in [6, 6.07) is 13.0. The first-order valence-electron chi connectivity index (χ1n) is 10.1. The Morgan fingerprint density at radius 3 is 2.73 bits per heavy atom. The van der Waals surface area contributed by atoms with Crippen LogP contribution in [0.3, 0.4) is 0 Å². The Kier molecular flexibility index (Phi) is 6.18. The molecule has 0 bridgehead atoms. The number of carbonyl (C=O) groups excluding carboxylic acids is 2. The number of rotatable bonds is 5. The summed E-state index contributed by atoms with van der Waals surface area (Å²) >= 11 is 1.42. The number of nitrogens with zero attached hydrogens (tertiary/aromatic N) is 3. The van der Waals surface area contributed by atoms with Gasteiger partial charge in [0.25, 0.3) is 11.8 Å². The summed E-state index contributed by atoms with van der Waals surface area (Å²) in [6.07, 6.45) is 3.53. The maximum absolute atomic E-state index is 13.1. The lowest BCUT2D eigenvalue weighted by molar-refractivity contribution is 0.0631. The van der Waals surface area contributed by atoms with Crippen LogP contribution in [0.4, 0.5) is 0 Å². The molecule has 0 unspecified atom stereocenters. The third kappa shape index (κ3) is 4.41. The van der Waals surface area contributed by atoms with Gasteiger partial charge in [0, 0.05) is 36.1 Å². The number of piperidine rings is 1. The second kappa shape index (κ2) is 9.17. The molecule has 2 aromatic heterocycles. The monoisotopic (exact) mass is 420 g/mol. The van der Waals surface area contributed by atoms with Gasteiger partial charge >= 0.3 is 0 Å². The third-order valence-corrected chi connectivity index (χ3v) is 6.14. The Hall–Kier alpha value is -3.06. The Morgan fingerprint density at radius 1 is 1.17 bits per heavy atom. The molecule has 1 aliphatic heterocycles. The number of nitrogens with one attached hydrogen (secondary N) is 1. The van der Waals surface area contributed by atoms with Gasteiger partial charge in [-0.2, -0.15) is 0 Å².